The number of carbonyl (C=O) groups is 1. The zero-order valence-electron chi connectivity index (χ0n) is 17.6. The quantitative estimate of drug-likeness (QED) is 0.414. The van der Waals surface area contributed by atoms with Crippen molar-refractivity contribution in [3.05, 3.63) is 100 Å². The van der Waals surface area contributed by atoms with Crippen molar-refractivity contribution >= 4 is 17.2 Å². The first-order valence-electron chi connectivity index (χ1n) is 10.2. The molecule has 5 rings (SSSR count). The maximum Gasteiger partial charge on any atom is 0.439 e. The number of pyridine rings is 1. The van der Waals surface area contributed by atoms with E-state index < -0.39 is 5.76 Å². The molecule has 1 amide bonds. The van der Waals surface area contributed by atoms with Gasteiger partial charge in [0, 0.05) is 23.6 Å². The molecular formula is C24H19N5O4. The Kier molecular flexibility index (Phi) is 5.19. The van der Waals surface area contributed by atoms with Gasteiger partial charge in [0.1, 0.15) is 18.0 Å². The van der Waals surface area contributed by atoms with Crippen molar-refractivity contribution in [2.24, 2.45) is 0 Å². The summed E-state index contributed by atoms with van der Waals surface area (Å²) in [4.78, 5) is 31.3. The monoisotopic (exact) mass is 441 g/mol. The highest BCUT2D eigenvalue weighted by Crippen LogP contribution is 2.23. The summed E-state index contributed by atoms with van der Waals surface area (Å²) in [6.07, 6.45) is 3.84. The number of hydrogen-bond acceptors (Lipinski definition) is 6. The van der Waals surface area contributed by atoms with Crippen molar-refractivity contribution in [3.63, 3.8) is 0 Å². The van der Waals surface area contributed by atoms with Crippen molar-refractivity contribution < 1.29 is 14.1 Å². The van der Waals surface area contributed by atoms with Crippen LogP contribution in [0.15, 0.2) is 82.4 Å². The third kappa shape index (κ3) is 4.24. The number of ether oxygens (including phenoxy) is 1. The first-order chi connectivity index (χ1) is 16.1. The summed E-state index contributed by atoms with van der Waals surface area (Å²) < 4.78 is 12.4. The Balaban J connectivity index is 1.33. The highest BCUT2D eigenvalue weighted by Gasteiger charge is 2.14. The fourth-order valence-corrected chi connectivity index (χ4v) is 3.50. The van der Waals surface area contributed by atoms with E-state index in [9.17, 15) is 9.59 Å². The fourth-order valence-electron chi connectivity index (χ4n) is 3.50. The molecule has 0 aliphatic carbocycles. The van der Waals surface area contributed by atoms with Crippen LogP contribution in [0.1, 0.15) is 21.6 Å². The molecule has 33 heavy (non-hydrogen) atoms. The Hall–Kier alpha value is -4.66. The molecule has 0 unspecified atom stereocenters. The van der Waals surface area contributed by atoms with Crippen LogP contribution >= 0.6 is 0 Å². The standard InChI is InChI=1S/C24H19N5O4/c1-15-6-5-11-29-13-18(25-22(15)29)14-32-20-10-3-2-9-19(20)23(30)26-17-8-4-7-16(12-17)21-27-24(31)33-28-21/h2-13H,14H2,1H3,(H,26,30)(H,27,28,31). The van der Waals surface area contributed by atoms with E-state index in [1.54, 1.807) is 42.5 Å². The number of nitrogens with zero attached hydrogens (tertiary/aromatic N) is 3. The maximum absolute atomic E-state index is 13.0. The van der Waals surface area contributed by atoms with E-state index in [2.05, 4.69) is 25.0 Å². The fraction of sp³-hybridized carbons (Fsp3) is 0.0833. The van der Waals surface area contributed by atoms with Gasteiger partial charge in [-0.15, -0.1) is 0 Å². The summed E-state index contributed by atoms with van der Waals surface area (Å²) in [6, 6.07) is 17.9. The molecule has 5 aromatic rings. The molecule has 0 radical (unpaired) electrons. The van der Waals surface area contributed by atoms with Gasteiger partial charge >= 0.3 is 5.76 Å². The Morgan fingerprint density at radius 2 is 2.03 bits per heavy atom. The minimum atomic E-state index is -0.647. The highest BCUT2D eigenvalue weighted by molar-refractivity contribution is 6.06. The Labute approximate surface area is 187 Å². The van der Waals surface area contributed by atoms with Crippen molar-refractivity contribution in [2.45, 2.75) is 13.5 Å². The molecule has 0 fully saturated rings. The molecule has 0 aliphatic rings. The predicted octanol–water partition coefficient (Wildman–Crippen LogP) is 3.82. The van der Waals surface area contributed by atoms with E-state index in [0.717, 1.165) is 16.9 Å². The number of amides is 1. The Bertz CT molecular complexity index is 1510. The highest BCUT2D eigenvalue weighted by atomic mass is 16.5. The van der Waals surface area contributed by atoms with Gasteiger partial charge in [-0.2, -0.15) is 0 Å². The van der Waals surface area contributed by atoms with Gasteiger partial charge in [-0.3, -0.25) is 14.3 Å². The Morgan fingerprint density at radius 1 is 1.15 bits per heavy atom. The number of aromatic amines is 1. The molecule has 3 aromatic heterocycles. The summed E-state index contributed by atoms with van der Waals surface area (Å²) in [5, 5.41) is 6.52. The largest absolute Gasteiger partial charge is 0.486 e. The van der Waals surface area contributed by atoms with Gasteiger partial charge in [-0.05, 0) is 42.8 Å². The SMILES string of the molecule is Cc1cccn2cc(COc3ccccc3C(=O)Nc3cccc(-c4noc(=O)[nH]4)c3)nc12. The summed E-state index contributed by atoms with van der Waals surface area (Å²) in [6.45, 7) is 2.22. The normalized spacial score (nSPS) is 10.9. The van der Waals surface area contributed by atoms with Crippen LogP contribution in [0, 0.1) is 6.92 Å². The van der Waals surface area contributed by atoms with Crippen LogP contribution < -0.4 is 15.8 Å². The van der Waals surface area contributed by atoms with Crippen LogP contribution in [0.25, 0.3) is 17.0 Å². The predicted molar refractivity (Wildman–Crippen MR) is 121 cm³/mol. The molecule has 0 bridgehead atoms. The van der Waals surface area contributed by atoms with Gasteiger partial charge in [-0.1, -0.05) is 35.5 Å². The summed E-state index contributed by atoms with van der Waals surface area (Å²) >= 11 is 0. The number of aryl methyl sites for hydroxylation is 1. The molecule has 2 aromatic carbocycles. The molecule has 3 heterocycles. The molecule has 0 spiro atoms. The number of aromatic nitrogens is 4. The lowest BCUT2D eigenvalue weighted by molar-refractivity contribution is 0.102. The van der Waals surface area contributed by atoms with Crippen molar-refractivity contribution in [3.8, 4) is 17.1 Å². The maximum atomic E-state index is 13.0. The smallest absolute Gasteiger partial charge is 0.439 e. The molecule has 0 saturated heterocycles. The minimum Gasteiger partial charge on any atom is -0.486 e. The van der Waals surface area contributed by atoms with E-state index >= 15 is 0 Å². The lowest BCUT2D eigenvalue weighted by Crippen LogP contribution is -2.13. The van der Waals surface area contributed by atoms with Crippen LogP contribution in [0.5, 0.6) is 5.75 Å². The van der Waals surface area contributed by atoms with Gasteiger partial charge in [0.05, 0.1) is 11.3 Å². The number of benzene rings is 2. The van der Waals surface area contributed by atoms with Gasteiger partial charge in [-0.25, -0.2) is 9.78 Å². The number of imidazole rings is 1. The van der Waals surface area contributed by atoms with E-state index in [1.165, 1.54) is 0 Å². The summed E-state index contributed by atoms with van der Waals surface area (Å²) in [5.74, 6) is -0.253. The molecule has 9 heteroatoms. The molecule has 0 atom stereocenters. The van der Waals surface area contributed by atoms with Crippen molar-refractivity contribution in [1.29, 1.82) is 0 Å². The zero-order chi connectivity index (χ0) is 22.8. The van der Waals surface area contributed by atoms with E-state index in [-0.39, 0.29) is 18.3 Å². The van der Waals surface area contributed by atoms with Crippen LogP contribution in [-0.4, -0.2) is 25.4 Å². The molecule has 164 valence electrons. The average molecular weight is 441 g/mol. The summed E-state index contributed by atoms with van der Waals surface area (Å²) in [5.41, 5.74) is 4.22. The van der Waals surface area contributed by atoms with Gasteiger partial charge in [0.15, 0.2) is 5.82 Å². The molecule has 0 aliphatic heterocycles. The number of hydrogen-bond donors (Lipinski definition) is 2. The van der Waals surface area contributed by atoms with Crippen molar-refractivity contribution in [2.75, 3.05) is 5.32 Å². The first-order valence-corrected chi connectivity index (χ1v) is 10.2. The van der Waals surface area contributed by atoms with Gasteiger partial charge < -0.3 is 14.5 Å². The second kappa shape index (κ2) is 8.46. The minimum absolute atomic E-state index is 0.223. The second-order valence-electron chi connectivity index (χ2n) is 7.42. The molecule has 9 nitrogen and oxygen atoms in total. The first kappa shape index (κ1) is 20.3. The number of para-hydroxylation sites is 1. The second-order valence-corrected chi connectivity index (χ2v) is 7.42. The zero-order valence-corrected chi connectivity index (χ0v) is 17.6. The van der Waals surface area contributed by atoms with E-state index in [1.807, 2.05) is 41.9 Å². The van der Waals surface area contributed by atoms with Crippen LogP contribution in [0.4, 0.5) is 5.69 Å². The number of H-pyrrole nitrogens is 1. The average Bonchev–Trinajstić information content (AvgIpc) is 3.45. The number of fused-ring (bicyclic) bond motifs is 1. The molecular weight excluding hydrogens is 422 g/mol. The van der Waals surface area contributed by atoms with Crippen LogP contribution in [0.3, 0.4) is 0 Å². The summed E-state index contributed by atoms with van der Waals surface area (Å²) in [7, 11) is 0. The van der Waals surface area contributed by atoms with Crippen molar-refractivity contribution in [1.82, 2.24) is 19.5 Å². The third-order valence-corrected chi connectivity index (χ3v) is 5.07. The van der Waals surface area contributed by atoms with Gasteiger partial charge in [0.25, 0.3) is 5.91 Å². The van der Waals surface area contributed by atoms with Crippen LogP contribution in [0.2, 0.25) is 0 Å². The lowest BCUT2D eigenvalue weighted by Gasteiger charge is -2.11. The lowest BCUT2D eigenvalue weighted by atomic mass is 10.1. The third-order valence-electron chi connectivity index (χ3n) is 5.07. The number of anilines is 1. The van der Waals surface area contributed by atoms with E-state index in [0.29, 0.717) is 22.6 Å². The number of rotatable bonds is 6. The molecule has 0 saturated carbocycles. The topological polar surface area (TPSA) is 115 Å². The van der Waals surface area contributed by atoms with E-state index in [4.69, 9.17) is 4.74 Å². The van der Waals surface area contributed by atoms with Gasteiger partial charge in [0.2, 0.25) is 0 Å². The Morgan fingerprint density at radius 3 is 2.85 bits per heavy atom. The number of carbonyl (C=O) groups excluding carboxylic acids is 1. The molecule has 2 N–H and O–H groups in total. The number of nitrogens with one attached hydrogen (secondary N) is 2. The van der Waals surface area contributed by atoms with Crippen LogP contribution in [-0.2, 0) is 6.61 Å².